The SMILES string of the molecule is O=C(Nc1cc(Cl)cc(N2CCCCC2)c1)Nc1cc(Oc2ccnc(-c3cn[nH]c3)c2)ccc1F. The van der Waals surface area contributed by atoms with Crippen LogP contribution < -0.4 is 20.3 Å². The molecule has 36 heavy (non-hydrogen) atoms. The zero-order valence-corrected chi connectivity index (χ0v) is 20.1. The molecule has 1 aliphatic heterocycles. The van der Waals surface area contributed by atoms with Crippen molar-refractivity contribution in [3.8, 4) is 22.8 Å². The maximum Gasteiger partial charge on any atom is 0.323 e. The van der Waals surface area contributed by atoms with Crippen LogP contribution in [0.4, 0.5) is 26.2 Å². The minimum atomic E-state index is -0.593. The molecule has 8 nitrogen and oxygen atoms in total. The Morgan fingerprint density at radius 2 is 1.86 bits per heavy atom. The number of nitrogens with zero attached hydrogens (tertiary/aromatic N) is 3. The van der Waals surface area contributed by atoms with Gasteiger partial charge in [0.15, 0.2) is 0 Å². The number of halogens is 2. The summed E-state index contributed by atoms with van der Waals surface area (Å²) in [6, 6.07) is 12.4. The lowest BCUT2D eigenvalue weighted by Gasteiger charge is -2.29. The van der Waals surface area contributed by atoms with Gasteiger partial charge >= 0.3 is 6.03 Å². The average molecular weight is 507 g/mol. The predicted molar refractivity (Wildman–Crippen MR) is 138 cm³/mol. The molecule has 2 aromatic heterocycles. The van der Waals surface area contributed by atoms with Gasteiger partial charge in [-0.25, -0.2) is 9.18 Å². The fourth-order valence-corrected chi connectivity index (χ4v) is 4.32. The Morgan fingerprint density at radius 3 is 2.67 bits per heavy atom. The van der Waals surface area contributed by atoms with Gasteiger partial charge in [0, 0.05) is 59.6 Å². The first-order chi connectivity index (χ1) is 17.5. The van der Waals surface area contributed by atoms with Gasteiger partial charge in [0.2, 0.25) is 0 Å². The van der Waals surface area contributed by atoms with E-state index >= 15 is 0 Å². The van der Waals surface area contributed by atoms with Crippen LogP contribution in [0.2, 0.25) is 5.02 Å². The van der Waals surface area contributed by atoms with E-state index in [0.717, 1.165) is 37.2 Å². The highest BCUT2D eigenvalue weighted by atomic mass is 35.5. The summed E-state index contributed by atoms with van der Waals surface area (Å²) in [6.07, 6.45) is 8.44. The highest BCUT2D eigenvalue weighted by Crippen LogP contribution is 2.30. The molecule has 2 amide bonds. The van der Waals surface area contributed by atoms with Gasteiger partial charge in [0.05, 0.1) is 17.6 Å². The quantitative estimate of drug-likeness (QED) is 0.271. The first kappa shape index (κ1) is 23.6. The molecular formula is C26H24ClFN6O2. The van der Waals surface area contributed by atoms with Crippen LogP contribution in [0.15, 0.2) is 67.1 Å². The molecule has 2 aromatic carbocycles. The Hall–Kier alpha value is -4.11. The number of H-pyrrole nitrogens is 1. The molecular weight excluding hydrogens is 483 g/mol. The maximum absolute atomic E-state index is 14.5. The molecule has 0 radical (unpaired) electrons. The van der Waals surface area contributed by atoms with Crippen molar-refractivity contribution >= 4 is 34.7 Å². The molecule has 184 valence electrons. The van der Waals surface area contributed by atoms with Gasteiger partial charge in [0.25, 0.3) is 0 Å². The van der Waals surface area contributed by atoms with Gasteiger partial charge in [-0.05, 0) is 55.7 Å². The number of rotatable bonds is 6. The summed E-state index contributed by atoms with van der Waals surface area (Å²) in [5, 5.41) is 12.5. The van der Waals surface area contributed by atoms with Crippen molar-refractivity contribution in [1.29, 1.82) is 0 Å². The predicted octanol–water partition coefficient (Wildman–Crippen LogP) is 6.69. The van der Waals surface area contributed by atoms with Crippen LogP contribution in [0.1, 0.15) is 19.3 Å². The van der Waals surface area contributed by atoms with E-state index in [2.05, 4.69) is 30.7 Å². The summed E-state index contributed by atoms with van der Waals surface area (Å²) < 4.78 is 20.4. The molecule has 0 atom stereocenters. The monoisotopic (exact) mass is 506 g/mol. The number of amides is 2. The second-order valence-corrected chi connectivity index (χ2v) is 8.87. The van der Waals surface area contributed by atoms with Crippen LogP contribution in [0.3, 0.4) is 0 Å². The number of aromatic nitrogens is 3. The number of hydrogen-bond acceptors (Lipinski definition) is 5. The standard InChI is InChI=1S/C26H24ClFN6O2/c27-18-10-19(12-20(11-18)34-8-2-1-3-9-34)32-26(35)33-25-14-21(4-5-23(25)28)36-22-6-7-29-24(13-22)17-15-30-31-16-17/h4-7,10-16H,1-3,8-9H2,(H,30,31)(H2,32,33,35). The topological polar surface area (TPSA) is 95.2 Å². The van der Waals surface area contributed by atoms with Crippen LogP contribution in [-0.2, 0) is 0 Å². The molecule has 0 saturated carbocycles. The average Bonchev–Trinajstić information content (AvgIpc) is 3.42. The van der Waals surface area contributed by atoms with Crippen LogP contribution in [-0.4, -0.2) is 34.3 Å². The first-order valence-corrected chi connectivity index (χ1v) is 12.0. The van der Waals surface area contributed by atoms with E-state index < -0.39 is 11.8 Å². The molecule has 10 heteroatoms. The van der Waals surface area contributed by atoms with Crippen molar-refractivity contribution in [3.05, 3.63) is 78.0 Å². The molecule has 1 saturated heterocycles. The van der Waals surface area contributed by atoms with Crippen molar-refractivity contribution < 1.29 is 13.9 Å². The van der Waals surface area contributed by atoms with Gasteiger partial charge in [-0.3, -0.25) is 10.1 Å². The second-order valence-electron chi connectivity index (χ2n) is 8.43. The highest BCUT2D eigenvalue weighted by Gasteiger charge is 2.14. The maximum atomic E-state index is 14.5. The molecule has 1 fully saturated rings. The zero-order chi connectivity index (χ0) is 24.9. The van der Waals surface area contributed by atoms with Gasteiger partial charge in [-0.2, -0.15) is 5.10 Å². The number of carbonyl (C=O) groups excluding carboxylic acids is 1. The third kappa shape index (κ3) is 5.75. The van der Waals surface area contributed by atoms with Crippen molar-refractivity contribution in [1.82, 2.24) is 15.2 Å². The summed E-state index contributed by atoms with van der Waals surface area (Å²) in [6.45, 7) is 1.90. The van der Waals surface area contributed by atoms with Gasteiger partial charge in [0.1, 0.15) is 17.3 Å². The Labute approximate surface area is 212 Å². The van der Waals surface area contributed by atoms with Crippen LogP contribution >= 0.6 is 11.6 Å². The number of benzene rings is 2. The summed E-state index contributed by atoms with van der Waals surface area (Å²) in [7, 11) is 0. The lowest BCUT2D eigenvalue weighted by atomic mass is 10.1. The Balaban J connectivity index is 1.27. The van der Waals surface area contributed by atoms with Crippen LogP contribution in [0.5, 0.6) is 11.5 Å². The summed E-state index contributed by atoms with van der Waals surface area (Å²) >= 11 is 6.30. The summed E-state index contributed by atoms with van der Waals surface area (Å²) in [5.41, 5.74) is 2.94. The molecule has 3 heterocycles. The number of pyridine rings is 1. The number of piperidine rings is 1. The van der Waals surface area contributed by atoms with E-state index in [9.17, 15) is 9.18 Å². The molecule has 3 N–H and O–H groups in total. The number of nitrogens with one attached hydrogen (secondary N) is 3. The Morgan fingerprint density at radius 1 is 1.03 bits per heavy atom. The molecule has 5 rings (SSSR count). The molecule has 0 bridgehead atoms. The third-order valence-electron chi connectivity index (χ3n) is 5.81. The number of urea groups is 1. The lowest BCUT2D eigenvalue weighted by molar-refractivity contribution is 0.262. The molecule has 0 aliphatic carbocycles. The molecule has 0 unspecified atom stereocenters. The minimum absolute atomic E-state index is 0.0209. The third-order valence-corrected chi connectivity index (χ3v) is 6.03. The van der Waals surface area contributed by atoms with Gasteiger partial charge < -0.3 is 20.3 Å². The fraction of sp³-hybridized carbons (Fsp3) is 0.192. The van der Waals surface area contributed by atoms with Gasteiger partial charge in [-0.15, -0.1) is 0 Å². The van der Waals surface area contributed by atoms with E-state index in [-0.39, 0.29) is 5.69 Å². The second kappa shape index (κ2) is 10.7. The van der Waals surface area contributed by atoms with E-state index in [1.54, 1.807) is 36.8 Å². The zero-order valence-electron chi connectivity index (χ0n) is 19.3. The molecule has 1 aliphatic rings. The number of ether oxygens (including phenoxy) is 1. The van der Waals surface area contributed by atoms with E-state index in [1.165, 1.54) is 24.6 Å². The van der Waals surface area contributed by atoms with Crippen LogP contribution in [0, 0.1) is 5.82 Å². The Kier molecular flexibility index (Phi) is 6.99. The minimum Gasteiger partial charge on any atom is -0.457 e. The largest absolute Gasteiger partial charge is 0.457 e. The number of anilines is 3. The van der Waals surface area contributed by atoms with Gasteiger partial charge in [-0.1, -0.05) is 11.6 Å². The molecule has 4 aromatic rings. The van der Waals surface area contributed by atoms with Crippen molar-refractivity contribution in [3.63, 3.8) is 0 Å². The van der Waals surface area contributed by atoms with Crippen molar-refractivity contribution in [2.24, 2.45) is 0 Å². The number of hydrogen-bond donors (Lipinski definition) is 3. The van der Waals surface area contributed by atoms with E-state index in [0.29, 0.717) is 27.9 Å². The van der Waals surface area contributed by atoms with E-state index in [4.69, 9.17) is 16.3 Å². The van der Waals surface area contributed by atoms with Crippen LogP contribution in [0.25, 0.3) is 11.3 Å². The molecule has 0 spiro atoms. The Bertz CT molecular complexity index is 1360. The fourth-order valence-electron chi connectivity index (χ4n) is 4.09. The summed E-state index contributed by atoms with van der Waals surface area (Å²) in [4.78, 5) is 19.2. The van der Waals surface area contributed by atoms with Crippen molar-refractivity contribution in [2.45, 2.75) is 19.3 Å². The number of aromatic amines is 1. The highest BCUT2D eigenvalue weighted by molar-refractivity contribution is 6.31. The normalized spacial score (nSPS) is 13.3. The lowest BCUT2D eigenvalue weighted by Crippen LogP contribution is -2.29. The first-order valence-electron chi connectivity index (χ1n) is 11.6. The number of carbonyl (C=O) groups is 1. The smallest absolute Gasteiger partial charge is 0.323 e. The summed E-state index contributed by atoms with van der Waals surface area (Å²) in [5.74, 6) is 0.268. The van der Waals surface area contributed by atoms with Crippen molar-refractivity contribution in [2.75, 3.05) is 28.6 Å². The van der Waals surface area contributed by atoms with E-state index in [1.807, 2.05) is 12.1 Å².